The molecule has 9 atom stereocenters. The summed E-state index contributed by atoms with van der Waals surface area (Å²) in [5, 5.41) is 2.25. The lowest BCUT2D eigenvalue weighted by atomic mass is 9.59. The van der Waals surface area contributed by atoms with Crippen molar-refractivity contribution >= 4 is 28.7 Å². The third kappa shape index (κ3) is 1.55. The van der Waals surface area contributed by atoms with Gasteiger partial charge in [-0.1, -0.05) is 36.4 Å². The van der Waals surface area contributed by atoms with Crippen LogP contribution in [0.25, 0.3) is 10.8 Å². The van der Waals surface area contributed by atoms with Gasteiger partial charge in [0.15, 0.2) is 0 Å². The Kier molecular flexibility index (Phi) is 3.23. The van der Waals surface area contributed by atoms with E-state index in [9.17, 15) is 14.4 Å². The van der Waals surface area contributed by atoms with Crippen LogP contribution in [0.4, 0.5) is 0 Å². The maximum Gasteiger partial charge on any atom is 0.317 e. The van der Waals surface area contributed by atoms with Crippen LogP contribution in [-0.4, -0.2) is 38.7 Å². The van der Waals surface area contributed by atoms with Crippen LogP contribution in [0.1, 0.15) is 24.0 Å². The van der Waals surface area contributed by atoms with Crippen molar-refractivity contribution in [3.8, 4) is 0 Å². The first-order valence-electron chi connectivity index (χ1n) is 11.4. The molecular weight excluding hydrogens is 408 g/mol. The molecule has 32 heavy (non-hydrogen) atoms. The van der Waals surface area contributed by atoms with Gasteiger partial charge in [-0.05, 0) is 64.3 Å². The van der Waals surface area contributed by atoms with Crippen molar-refractivity contribution in [3.63, 3.8) is 0 Å². The topological polar surface area (TPSA) is 78.9 Å². The van der Waals surface area contributed by atoms with Gasteiger partial charge in [0.1, 0.15) is 5.41 Å². The van der Waals surface area contributed by atoms with Gasteiger partial charge in [-0.15, -0.1) is 0 Å². The normalized spacial score (nSPS) is 42.7. The Labute approximate surface area is 185 Å². The number of carbonyl (C=O) groups excluding carboxylic acids is 3. The summed E-state index contributed by atoms with van der Waals surface area (Å²) in [4.78, 5) is 40.1. The Morgan fingerprint density at radius 1 is 0.906 bits per heavy atom. The number of fused-ring (bicyclic) bond motifs is 3. The van der Waals surface area contributed by atoms with E-state index in [1.807, 2.05) is 24.3 Å². The van der Waals surface area contributed by atoms with Gasteiger partial charge in [0.25, 0.3) is 0 Å². The number of hydrogen-bond donors (Lipinski definition) is 0. The summed E-state index contributed by atoms with van der Waals surface area (Å²) in [7, 11) is 2.79. The molecule has 164 valence electrons. The molecule has 6 heteroatoms. The number of ether oxygens (including phenoxy) is 3. The standard InChI is InChI=1S/C26H24O6/c1-4-32-22(27)17-15-16(17)20-21-18-14-12-8-6-5-7-11(12)9-10-13(14)25(19(15)18,23(28)30-2)26(20,21)24(29)31-3/h5-10,15-21H,4H2,1-3H3. The second kappa shape index (κ2) is 5.53. The van der Waals surface area contributed by atoms with Crippen molar-refractivity contribution in [3.05, 3.63) is 47.5 Å². The Balaban J connectivity index is 1.52. The number of benzene rings is 2. The molecule has 8 rings (SSSR count). The fourth-order valence-corrected chi connectivity index (χ4v) is 9.09. The van der Waals surface area contributed by atoms with Crippen LogP contribution in [0, 0.1) is 40.9 Å². The highest BCUT2D eigenvalue weighted by molar-refractivity contribution is 6.05. The predicted molar refractivity (Wildman–Crippen MR) is 112 cm³/mol. The quantitative estimate of drug-likeness (QED) is 0.546. The molecule has 0 amide bonds. The molecule has 6 bridgehead atoms. The summed E-state index contributed by atoms with van der Waals surface area (Å²) in [5.74, 6) is -1.22. The van der Waals surface area contributed by atoms with Crippen LogP contribution in [0.15, 0.2) is 36.4 Å². The smallest absolute Gasteiger partial charge is 0.317 e. The maximum atomic E-state index is 13.8. The fourth-order valence-electron chi connectivity index (χ4n) is 9.09. The zero-order chi connectivity index (χ0) is 22.2. The lowest BCUT2D eigenvalue weighted by molar-refractivity contribution is -0.166. The van der Waals surface area contributed by atoms with Crippen molar-refractivity contribution in [1.82, 2.24) is 0 Å². The van der Waals surface area contributed by atoms with E-state index < -0.39 is 10.8 Å². The highest BCUT2D eigenvalue weighted by Crippen LogP contribution is 2.97. The summed E-state index contributed by atoms with van der Waals surface area (Å²) < 4.78 is 16.2. The molecule has 0 radical (unpaired) electrons. The highest BCUT2D eigenvalue weighted by Gasteiger charge is 3.02. The minimum absolute atomic E-state index is 0.00182. The Morgan fingerprint density at radius 3 is 2.34 bits per heavy atom. The lowest BCUT2D eigenvalue weighted by Gasteiger charge is -2.41. The molecular formula is C26H24O6. The first-order chi connectivity index (χ1) is 15.5. The molecule has 6 aliphatic carbocycles. The third-order valence-electron chi connectivity index (χ3n) is 9.54. The molecule has 6 nitrogen and oxygen atoms in total. The van der Waals surface area contributed by atoms with Crippen LogP contribution in [-0.2, 0) is 34.0 Å². The van der Waals surface area contributed by atoms with Gasteiger partial charge in [0, 0.05) is 0 Å². The van der Waals surface area contributed by atoms with E-state index in [0.29, 0.717) is 6.61 Å². The molecule has 9 unspecified atom stereocenters. The van der Waals surface area contributed by atoms with Crippen LogP contribution >= 0.6 is 0 Å². The number of methoxy groups -OCH3 is 2. The van der Waals surface area contributed by atoms with Crippen molar-refractivity contribution in [2.24, 2.45) is 40.9 Å². The van der Waals surface area contributed by atoms with Gasteiger partial charge in [-0.25, -0.2) is 0 Å². The fraction of sp³-hybridized carbons (Fsp3) is 0.500. The summed E-state index contributed by atoms with van der Waals surface area (Å²) >= 11 is 0. The Hall–Kier alpha value is -2.89. The molecule has 5 fully saturated rings. The van der Waals surface area contributed by atoms with Gasteiger partial charge >= 0.3 is 17.9 Å². The first-order valence-corrected chi connectivity index (χ1v) is 11.4. The van der Waals surface area contributed by atoms with Crippen LogP contribution in [0.5, 0.6) is 0 Å². The largest absolute Gasteiger partial charge is 0.469 e. The molecule has 2 aromatic carbocycles. The van der Waals surface area contributed by atoms with E-state index in [2.05, 4.69) is 12.1 Å². The second-order valence-corrected chi connectivity index (χ2v) is 9.94. The zero-order valence-electron chi connectivity index (χ0n) is 18.2. The number of rotatable bonds is 4. The van der Waals surface area contributed by atoms with Gasteiger partial charge in [-0.3, -0.25) is 14.4 Å². The molecule has 0 heterocycles. The number of hydrogen-bond acceptors (Lipinski definition) is 6. The number of esters is 3. The van der Waals surface area contributed by atoms with Crippen molar-refractivity contribution in [2.45, 2.75) is 18.3 Å². The summed E-state index contributed by atoms with van der Waals surface area (Å²) in [6, 6.07) is 12.2. The number of carbonyl (C=O) groups is 3. The molecule has 5 saturated carbocycles. The Morgan fingerprint density at radius 2 is 1.62 bits per heavy atom. The average Bonchev–Trinajstić information content (AvgIpc) is 3.69. The second-order valence-electron chi connectivity index (χ2n) is 9.94. The van der Waals surface area contributed by atoms with E-state index in [-0.39, 0.29) is 59.3 Å². The van der Waals surface area contributed by atoms with Crippen molar-refractivity contribution in [1.29, 1.82) is 0 Å². The summed E-state index contributed by atoms with van der Waals surface area (Å²) in [6.07, 6.45) is 0. The van der Waals surface area contributed by atoms with Gasteiger partial charge in [0.05, 0.1) is 32.2 Å². The average molecular weight is 432 g/mol. The minimum atomic E-state index is -1.10. The van der Waals surface area contributed by atoms with Gasteiger partial charge < -0.3 is 14.2 Å². The molecule has 0 aliphatic heterocycles. The molecule has 6 aliphatic rings. The highest BCUT2D eigenvalue weighted by atomic mass is 16.5. The van der Waals surface area contributed by atoms with Gasteiger partial charge in [0.2, 0.25) is 0 Å². The third-order valence-corrected chi connectivity index (χ3v) is 9.54. The SMILES string of the molecule is CCOC(=O)C1C2C1C1C3C4c5c(ccc6ccccc56)C(C(=O)OC)(C42)C31C(=O)OC. The minimum Gasteiger partial charge on any atom is -0.469 e. The molecule has 0 N–H and O–H groups in total. The maximum absolute atomic E-state index is 13.8. The van der Waals surface area contributed by atoms with E-state index in [0.717, 1.165) is 16.3 Å². The van der Waals surface area contributed by atoms with E-state index in [1.165, 1.54) is 19.8 Å². The van der Waals surface area contributed by atoms with Gasteiger partial charge in [-0.2, -0.15) is 0 Å². The van der Waals surface area contributed by atoms with Crippen LogP contribution in [0.3, 0.4) is 0 Å². The predicted octanol–water partition coefficient (Wildman–Crippen LogP) is 2.82. The zero-order valence-corrected chi connectivity index (χ0v) is 18.2. The van der Waals surface area contributed by atoms with E-state index in [1.54, 1.807) is 6.92 Å². The first kappa shape index (κ1) is 18.7. The van der Waals surface area contributed by atoms with Crippen LogP contribution in [0.2, 0.25) is 0 Å². The monoisotopic (exact) mass is 432 g/mol. The molecule has 0 aromatic heterocycles. The van der Waals surface area contributed by atoms with Crippen LogP contribution < -0.4 is 0 Å². The van der Waals surface area contributed by atoms with E-state index in [4.69, 9.17) is 14.2 Å². The Bertz CT molecular complexity index is 1250. The van der Waals surface area contributed by atoms with Crippen molar-refractivity contribution < 1.29 is 28.6 Å². The van der Waals surface area contributed by atoms with E-state index >= 15 is 0 Å². The molecule has 2 aromatic rings. The molecule has 0 saturated heterocycles. The van der Waals surface area contributed by atoms with Crippen molar-refractivity contribution in [2.75, 3.05) is 20.8 Å². The summed E-state index contributed by atoms with van der Waals surface area (Å²) in [5.41, 5.74) is 0.0206. The summed E-state index contributed by atoms with van der Waals surface area (Å²) in [6.45, 7) is 2.13. The lowest BCUT2D eigenvalue weighted by Crippen LogP contribution is -2.54. The molecule has 0 spiro atoms.